The van der Waals surface area contributed by atoms with E-state index in [-0.39, 0.29) is 31.9 Å². The van der Waals surface area contributed by atoms with Crippen molar-refractivity contribution in [2.75, 3.05) is 26.4 Å². The molecular formula is C30H46O7P2. The van der Waals surface area contributed by atoms with Gasteiger partial charge in [0.1, 0.15) is 0 Å². The van der Waals surface area contributed by atoms with Crippen molar-refractivity contribution in [3.63, 3.8) is 0 Å². The van der Waals surface area contributed by atoms with Crippen molar-refractivity contribution < 1.29 is 31.7 Å². The lowest BCUT2D eigenvalue weighted by molar-refractivity contribution is 0.129. The molecule has 0 saturated heterocycles. The van der Waals surface area contributed by atoms with Crippen LogP contribution in [0.2, 0.25) is 0 Å². The van der Waals surface area contributed by atoms with Gasteiger partial charge in [0.2, 0.25) is 5.50 Å². The molecule has 0 saturated carbocycles. The van der Waals surface area contributed by atoms with Gasteiger partial charge in [-0.25, -0.2) is 4.57 Å². The largest absolute Gasteiger partial charge is 0.530 e. The molecule has 7 nitrogen and oxygen atoms in total. The Morgan fingerprint density at radius 2 is 0.923 bits per heavy atom. The Balaban J connectivity index is 2.79. The van der Waals surface area contributed by atoms with E-state index >= 15 is 0 Å². The molecule has 0 spiro atoms. The molecule has 39 heavy (non-hydrogen) atoms. The van der Waals surface area contributed by atoms with Gasteiger partial charge >= 0.3 is 15.4 Å². The molecule has 0 aliphatic heterocycles. The van der Waals surface area contributed by atoms with E-state index < -0.39 is 15.4 Å². The standard InChI is InChI=1S/C30H46O7P2/c1-5-9-23-33-38(31,34-24-10-6-2)30(37-39(32,35-25-11-7-3)36-26-12-8-4)29(27-19-15-13-16-20-27)28-21-17-14-18-22-28/h13-22H,5-12,23-26H2,1-4H3. The molecule has 0 amide bonds. The number of phosphoric ester groups is 1. The number of rotatable bonds is 21. The lowest BCUT2D eigenvalue weighted by Crippen LogP contribution is -2.10. The molecule has 0 radical (unpaired) electrons. The minimum absolute atomic E-state index is 0.150. The first-order chi connectivity index (χ1) is 18.9. The van der Waals surface area contributed by atoms with E-state index in [0.717, 1.165) is 25.7 Å². The minimum atomic E-state index is -4.19. The SMILES string of the molecule is CCCCOP(=O)(OCCCC)OC(=C(c1ccccc1)c1ccccc1)P(=O)(OCCCC)OCCCC. The van der Waals surface area contributed by atoms with E-state index in [4.69, 9.17) is 22.6 Å². The summed E-state index contributed by atoms with van der Waals surface area (Å²) in [5.41, 5.74) is 1.74. The molecule has 0 unspecified atom stereocenters. The summed E-state index contributed by atoms with van der Waals surface area (Å²) in [6, 6.07) is 18.9. The van der Waals surface area contributed by atoms with Crippen molar-refractivity contribution in [1.29, 1.82) is 0 Å². The first-order valence-corrected chi connectivity index (χ1v) is 17.3. The quantitative estimate of drug-likeness (QED) is 0.0826. The Morgan fingerprint density at radius 1 is 0.564 bits per heavy atom. The maximum Gasteiger partial charge on any atom is 0.530 e. The second-order valence-electron chi connectivity index (χ2n) is 9.20. The Morgan fingerprint density at radius 3 is 1.28 bits per heavy atom. The molecule has 0 bridgehead atoms. The van der Waals surface area contributed by atoms with Crippen LogP contribution in [0.4, 0.5) is 0 Å². The van der Waals surface area contributed by atoms with Crippen LogP contribution in [0, 0.1) is 0 Å². The molecule has 218 valence electrons. The van der Waals surface area contributed by atoms with Gasteiger partial charge in [-0.3, -0.25) is 13.6 Å². The van der Waals surface area contributed by atoms with E-state index in [1.165, 1.54) is 0 Å². The van der Waals surface area contributed by atoms with Crippen LogP contribution in [0.3, 0.4) is 0 Å². The highest BCUT2D eigenvalue weighted by Gasteiger charge is 2.42. The van der Waals surface area contributed by atoms with Gasteiger partial charge in [-0.2, -0.15) is 0 Å². The number of unbranched alkanes of at least 4 members (excludes halogenated alkanes) is 4. The van der Waals surface area contributed by atoms with E-state index in [1.54, 1.807) is 0 Å². The zero-order valence-corrected chi connectivity index (χ0v) is 25.8. The van der Waals surface area contributed by atoms with Gasteiger partial charge in [0.05, 0.1) is 26.4 Å². The molecule has 0 heterocycles. The van der Waals surface area contributed by atoms with Gasteiger partial charge in [0, 0.05) is 5.57 Å². The van der Waals surface area contributed by atoms with Crippen LogP contribution in [0.1, 0.15) is 90.2 Å². The fraction of sp³-hybridized carbons (Fsp3) is 0.533. The summed E-state index contributed by atoms with van der Waals surface area (Å²) in [6.45, 7) is 8.82. The van der Waals surface area contributed by atoms with Crippen LogP contribution in [0.25, 0.3) is 5.57 Å². The average Bonchev–Trinajstić information content (AvgIpc) is 2.94. The third-order valence-corrected chi connectivity index (χ3v) is 9.20. The highest BCUT2D eigenvalue weighted by atomic mass is 31.2. The van der Waals surface area contributed by atoms with Gasteiger partial charge in [0.15, 0.2) is 0 Å². The first-order valence-electron chi connectivity index (χ1n) is 14.3. The Hall–Kier alpha value is -1.72. The van der Waals surface area contributed by atoms with E-state index in [1.807, 2.05) is 88.4 Å². The molecule has 2 rings (SSSR count). The summed E-state index contributed by atoms with van der Waals surface area (Å²) in [4.78, 5) is 0. The Bertz CT molecular complexity index is 988. The number of hydrogen-bond acceptors (Lipinski definition) is 7. The summed E-state index contributed by atoms with van der Waals surface area (Å²) < 4.78 is 58.6. The third-order valence-electron chi connectivity index (χ3n) is 5.80. The zero-order chi connectivity index (χ0) is 28.4. The molecule has 9 heteroatoms. The highest BCUT2D eigenvalue weighted by molar-refractivity contribution is 7.59. The van der Waals surface area contributed by atoms with Crippen LogP contribution >= 0.6 is 15.4 Å². The number of benzene rings is 2. The normalized spacial score (nSPS) is 11.9. The predicted molar refractivity (Wildman–Crippen MR) is 159 cm³/mol. The van der Waals surface area contributed by atoms with Crippen LogP contribution in [-0.4, -0.2) is 26.4 Å². The molecule has 0 aliphatic carbocycles. The Labute approximate surface area is 235 Å². The van der Waals surface area contributed by atoms with Gasteiger partial charge in [-0.1, -0.05) is 114 Å². The molecule has 0 aliphatic rings. The minimum Gasteiger partial charge on any atom is -0.395 e. The van der Waals surface area contributed by atoms with Crippen LogP contribution < -0.4 is 0 Å². The number of phosphoric acid groups is 1. The van der Waals surface area contributed by atoms with Crippen molar-refractivity contribution in [2.24, 2.45) is 0 Å². The van der Waals surface area contributed by atoms with Crippen molar-refractivity contribution in [3.8, 4) is 0 Å². The fourth-order valence-corrected chi connectivity index (χ4v) is 6.97. The topological polar surface area (TPSA) is 80.3 Å². The van der Waals surface area contributed by atoms with Gasteiger partial charge in [-0.05, 0) is 36.8 Å². The van der Waals surface area contributed by atoms with Crippen LogP contribution in [0.5, 0.6) is 0 Å². The molecular weight excluding hydrogens is 534 g/mol. The van der Waals surface area contributed by atoms with Crippen LogP contribution in [-0.2, 0) is 31.7 Å². The maximum atomic E-state index is 14.7. The average molecular weight is 581 g/mol. The molecule has 2 aromatic carbocycles. The highest BCUT2D eigenvalue weighted by Crippen LogP contribution is 2.66. The zero-order valence-electron chi connectivity index (χ0n) is 24.0. The molecule has 0 N–H and O–H groups in total. The summed E-state index contributed by atoms with van der Waals surface area (Å²) in [7, 11) is -8.32. The van der Waals surface area contributed by atoms with Gasteiger partial charge in [0.25, 0.3) is 0 Å². The van der Waals surface area contributed by atoms with Crippen molar-refractivity contribution in [3.05, 3.63) is 77.3 Å². The summed E-state index contributed by atoms with van der Waals surface area (Å²) in [6.07, 6.45) is 6.08. The smallest absolute Gasteiger partial charge is 0.395 e. The van der Waals surface area contributed by atoms with Crippen molar-refractivity contribution >= 4 is 21.0 Å². The van der Waals surface area contributed by atoms with E-state index in [0.29, 0.717) is 42.4 Å². The fourth-order valence-electron chi connectivity index (χ4n) is 3.51. The molecule has 2 aromatic rings. The first kappa shape index (κ1) is 33.5. The van der Waals surface area contributed by atoms with E-state index in [9.17, 15) is 9.13 Å². The monoisotopic (exact) mass is 580 g/mol. The summed E-state index contributed by atoms with van der Waals surface area (Å²) in [5.74, 6) is 0. The van der Waals surface area contributed by atoms with Crippen LogP contribution in [0.15, 0.2) is 66.2 Å². The third kappa shape index (κ3) is 11.4. The maximum absolute atomic E-state index is 14.7. The second kappa shape index (κ2) is 18.6. The molecule has 0 aromatic heterocycles. The van der Waals surface area contributed by atoms with Gasteiger partial charge < -0.3 is 13.6 Å². The molecule has 0 fully saturated rings. The van der Waals surface area contributed by atoms with E-state index in [2.05, 4.69) is 0 Å². The van der Waals surface area contributed by atoms with Crippen molar-refractivity contribution in [2.45, 2.75) is 79.1 Å². The number of hydrogen-bond donors (Lipinski definition) is 0. The predicted octanol–water partition coefficient (Wildman–Crippen LogP) is 9.99. The lowest BCUT2D eigenvalue weighted by Gasteiger charge is -2.27. The second-order valence-corrected chi connectivity index (χ2v) is 12.7. The summed E-state index contributed by atoms with van der Waals surface area (Å²) in [5, 5.41) is 0. The van der Waals surface area contributed by atoms with Crippen molar-refractivity contribution in [1.82, 2.24) is 0 Å². The lowest BCUT2D eigenvalue weighted by atomic mass is 9.99. The Kier molecular flexibility index (Phi) is 16.0. The molecule has 0 atom stereocenters. The van der Waals surface area contributed by atoms with Gasteiger partial charge in [-0.15, -0.1) is 0 Å². The summed E-state index contributed by atoms with van der Waals surface area (Å²) >= 11 is 0.